The van der Waals surface area contributed by atoms with Crippen molar-refractivity contribution >= 4 is 35.0 Å². The molecule has 610 valence electrons. The number of phenols is 5. The largest absolute Gasteiger partial charge is 0.508 e. The van der Waals surface area contributed by atoms with Gasteiger partial charge in [0.05, 0.1) is 31.6 Å². The molecule has 41 nitrogen and oxygen atoms in total. The summed E-state index contributed by atoms with van der Waals surface area (Å²) in [7, 11) is 0. The number of carbonyl (C=O) groups excluding carboxylic acids is 3. The number of rotatable bonds is 24. The van der Waals surface area contributed by atoms with Gasteiger partial charge in [-0.25, -0.2) is 4.79 Å². The van der Waals surface area contributed by atoms with Crippen molar-refractivity contribution in [3.05, 3.63) is 123 Å². The highest BCUT2D eigenvalue weighted by molar-refractivity contribution is 5.89. The lowest BCUT2D eigenvalue weighted by atomic mass is 9.99. The van der Waals surface area contributed by atoms with Crippen molar-refractivity contribution in [2.75, 3.05) is 33.0 Å². The van der Waals surface area contributed by atoms with Crippen LogP contribution in [0.25, 0.3) is 51.0 Å². The third kappa shape index (κ3) is 17.9. The van der Waals surface area contributed by atoms with E-state index in [1.807, 2.05) is 0 Å². The zero-order chi connectivity index (χ0) is 81.3. The predicted octanol–water partition coefficient (Wildman–Crippen LogP) is -4.91. The molecule has 0 bridgehead atoms. The van der Waals surface area contributed by atoms with Crippen molar-refractivity contribution in [3.8, 4) is 91.5 Å². The molecule has 5 aromatic rings. The van der Waals surface area contributed by atoms with Crippen LogP contribution in [0.4, 0.5) is 0 Å². The quantitative estimate of drug-likeness (QED) is 0.0117. The van der Waals surface area contributed by atoms with Gasteiger partial charge in [0.2, 0.25) is 42.6 Å². The maximum atomic E-state index is 14.4. The van der Waals surface area contributed by atoms with E-state index in [0.29, 0.717) is 5.56 Å². The topological polar surface area (TPSA) is 656 Å². The molecule has 0 amide bonds. The Morgan fingerprint density at radius 2 is 0.929 bits per heavy atom. The van der Waals surface area contributed by atoms with Crippen LogP contribution in [0.1, 0.15) is 18.4 Å². The van der Waals surface area contributed by atoms with E-state index in [1.54, 1.807) is 0 Å². The lowest BCUT2D eigenvalue weighted by Crippen LogP contribution is -2.60. The first-order valence-electron chi connectivity index (χ1n) is 34.4. The number of benzene rings is 5. The second-order valence-corrected chi connectivity index (χ2v) is 26.6. The van der Waals surface area contributed by atoms with Gasteiger partial charge in [0.1, 0.15) is 181 Å². The molecule has 113 heavy (non-hydrogen) atoms. The Kier molecular flexibility index (Phi) is 25.2. The SMILES string of the molecule is O=C(C=Cc1ccc(O)cc1)OC[C@H]1O[C@@H](Oc2cc3c(=O)cc(O[C@@H]4O[C@H](COC(=O)CCC(=O)OC[C@H]5O[C@@H](Oc6ccc(-c7oc8cc(O[C@@H]9OC[C@@H](O)[C@H](O)[C@H]9O)cc(O)c8c(=O)c7O[C@@H]7O[C@H](CO)[C@@H](O)[C@H](O)[C@H]7O)cc6)[C@H](O)[C@@H](O)[C@@H]5O)[C@@H](O)[C@H](O)[C@H]4O)cc-3oc2-c2cc(O)c(O)c(O)c2)[C@H](O)[C@@H](O)[C@@H]1O. The fourth-order valence-electron chi connectivity index (χ4n) is 12.4. The van der Waals surface area contributed by atoms with Gasteiger partial charge in [0.25, 0.3) is 0 Å². The van der Waals surface area contributed by atoms with Gasteiger partial charge in [0.15, 0.2) is 39.9 Å². The molecule has 41 heteroatoms. The summed E-state index contributed by atoms with van der Waals surface area (Å²) in [4.78, 5) is 66.9. The summed E-state index contributed by atoms with van der Waals surface area (Å²) in [5.41, 5.74) is -2.67. The number of fused-ring (bicyclic) bond motifs is 2. The van der Waals surface area contributed by atoms with E-state index in [9.17, 15) is 131 Å². The Morgan fingerprint density at radius 1 is 0.442 bits per heavy atom. The van der Waals surface area contributed by atoms with Gasteiger partial charge >= 0.3 is 17.9 Å². The van der Waals surface area contributed by atoms with Crippen molar-refractivity contribution in [1.82, 2.24) is 0 Å². The molecular formula is C72H76O41. The molecule has 0 spiro atoms. The third-order valence-electron chi connectivity index (χ3n) is 18.7. The molecule has 24 atom stereocenters. The van der Waals surface area contributed by atoms with E-state index in [-0.39, 0.29) is 39.7 Å². The number of aromatic hydroxyl groups is 5. The fraction of sp³-hybridized carbons (Fsp3) is 0.431. The molecule has 7 heterocycles. The molecule has 0 unspecified atom stereocenters. The lowest BCUT2D eigenvalue weighted by molar-refractivity contribution is -0.278. The molecule has 0 radical (unpaired) electrons. The minimum Gasteiger partial charge on any atom is -0.508 e. The first-order chi connectivity index (χ1) is 53.7. The van der Waals surface area contributed by atoms with E-state index in [4.69, 9.17) is 70.4 Å². The van der Waals surface area contributed by atoms with Gasteiger partial charge in [-0.1, -0.05) is 12.1 Å². The molecule has 12 rings (SSSR count). The van der Waals surface area contributed by atoms with Crippen LogP contribution in [0.15, 0.2) is 115 Å². The van der Waals surface area contributed by atoms with Crippen LogP contribution >= 0.6 is 0 Å². The molecule has 4 aromatic carbocycles. The van der Waals surface area contributed by atoms with E-state index in [0.717, 1.165) is 48.5 Å². The number of phenolic OH excluding ortho intramolecular Hbond substituents is 5. The van der Waals surface area contributed by atoms with Gasteiger partial charge < -0.3 is 178 Å². The number of carbonyl (C=O) groups is 3. The summed E-state index contributed by atoms with van der Waals surface area (Å²) >= 11 is 0. The normalized spacial score (nSPS) is 31.3. The maximum Gasteiger partial charge on any atom is 0.330 e. The van der Waals surface area contributed by atoms with Crippen LogP contribution in [0, 0.1) is 0 Å². The number of hydrogen-bond donors (Lipinski definition) is 21. The Bertz CT molecular complexity index is 4620. The highest BCUT2D eigenvalue weighted by Gasteiger charge is 2.50. The Hall–Kier alpha value is -10.2. The molecule has 6 aliphatic heterocycles. The summed E-state index contributed by atoms with van der Waals surface area (Å²) in [6.45, 7) is -3.80. The number of esters is 3. The maximum absolute atomic E-state index is 14.4. The molecular weight excluding hydrogens is 1520 g/mol. The molecule has 21 N–H and O–H groups in total. The Balaban J connectivity index is 0.668. The second-order valence-electron chi connectivity index (χ2n) is 26.6. The lowest BCUT2D eigenvalue weighted by Gasteiger charge is -2.40. The van der Waals surface area contributed by atoms with Gasteiger partial charge in [-0.2, -0.15) is 0 Å². The summed E-state index contributed by atoms with van der Waals surface area (Å²) in [6.07, 6.45) is -43.8. The first kappa shape index (κ1) is 82.3. The van der Waals surface area contributed by atoms with E-state index >= 15 is 0 Å². The Labute approximate surface area is 632 Å². The smallest absolute Gasteiger partial charge is 0.330 e. The molecule has 0 saturated carbocycles. The van der Waals surface area contributed by atoms with Crippen LogP contribution in [0.5, 0.6) is 57.5 Å². The average molecular weight is 1600 g/mol. The van der Waals surface area contributed by atoms with Gasteiger partial charge in [0, 0.05) is 41.5 Å². The van der Waals surface area contributed by atoms with Crippen LogP contribution in [0.2, 0.25) is 0 Å². The summed E-state index contributed by atoms with van der Waals surface area (Å²) in [6, 6.07) is 17.2. The molecule has 1 aromatic heterocycles. The third-order valence-corrected chi connectivity index (χ3v) is 18.7. The number of aliphatic hydroxyl groups excluding tert-OH is 16. The summed E-state index contributed by atoms with van der Waals surface area (Å²) in [5, 5.41) is 222. The fourth-order valence-corrected chi connectivity index (χ4v) is 12.4. The molecule has 5 saturated heterocycles. The van der Waals surface area contributed by atoms with Crippen molar-refractivity contribution in [2.24, 2.45) is 0 Å². The zero-order valence-electron chi connectivity index (χ0n) is 58.2. The van der Waals surface area contributed by atoms with Crippen molar-refractivity contribution in [3.63, 3.8) is 0 Å². The van der Waals surface area contributed by atoms with Crippen LogP contribution in [0.3, 0.4) is 0 Å². The van der Waals surface area contributed by atoms with Crippen molar-refractivity contribution < 1.29 is 192 Å². The zero-order valence-corrected chi connectivity index (χ0v) is 58.2. The number of ether oxygens (including phenoxy) is 13. The van der Waals surface area contributed by atoms with E-state index in [1.165, 1.54) is 54.6 Å². The Morgan fingerprint density at radius 3 is 1.49 bits per heavy atom. The number of hydrogen-bond acceptors (Lipinski definition) is 41. The first-order valence-corrected chi connectivity index (χ1v) is 34.4. The summed E-state index contributed by atoms with van der Waals surface area (Å²) < 4.78 is 84.6. The highest BCUT2D eigenvalue weighted by Crippen LogP contribution is 2.46. The van der Waals surface area contributed by atoms with Crippen molar-refractivity contribution in [2.45, 2.75) is 160 Å². The van der Waals surface area contributed by atoms with E-state index in [2.05, 4.69) is 0 Å². The summed E-state index contributed by atoms with van der Waals surface area (Å²) in [5.74, 6) is -10.4. The minimum absolute atomic E-state index is 0.0258. The number of aliphatic hydroxyl groups is 16. The van der Waals surface area contributed by atoms with Gasteiger partial charge in [-0.3, -0.25) is 19.2 Å². The molecule has 7 aliphatic rings. The van der Waals surface area contributed by atoms with E-state index < -0.39 is 285 Å². The van der Waals surface area contributed by atoms with Crippen molar-refractivity contribution in [1.29, 1.82) is 0 Å². The van der Waals surface area contributed by atoms with Crippen LogP contribution < -0.4 is 34.5 Å². The predicted molar refractivity (Wildman–Crippen MR) is 366 cm³/mol. The van der Waals surface area contributed by atoms with Crippen LogP contribution in [-0.2, 0) is 52.3 Å². The van der Waals surface area contributed by atoms with Gasteiger partial charge in [-0.05, 0) is 66.2 Å². The minimum atomic E-state index is -2.09. The second kappa shape index (κ2) is 34.7. The highest BCUT2D eigenvalue weighted by atomic mass is 16.7. The monoisotopic (exact) mass is 1600 g/mol. The average Bonchev–Trinajstić information content (AvgIpc) is 0.755. The molecule has 5 fully saturated rings. The molecule has 1 aliphatic carbocycles. The standard InChI is InChI=1S/C72H76O41/c73-20-41-51(85)56(90)64(98)72(109-41)113-67-55(89)48-34(76)16-31(104-68-60(94)50(84)37(79)21-102-68)18-39(48)107-66(67)26-4-8-29(9-5-26)103-69-61(95)57(91)52(86)42(110-69)22-100-46(81)11-12-47(82)101-23-43-53(87)58(92)62(96)70(111-43)105-30-15-33(75)32-19-40(65(106-38(32)17-30)27-13-35(77)49(83)36(78)14-27)108-71-63(97)59(93)54(88)44(112-71)24-99-45(80)10-3-25-1-6-28(74)7-2-25/h1-10,13-19,37,41-44,50-54,56-64,68-74,76-79,83-88,90-98H,11-12,20-24H2/t37-,41-,42-,43-,44-,50+,51-,52-,53-,54-,56+,57+,58+,59+,60-,61-,62-,63-,64-,68+,69-,70-,71-,72+/m1/s1. The van der Waals surface area contributed by atoms with Gasteiger partial charge in [-0.15, -0.1) is 0 Å². The van der Waals surface area contributed by atoms with Crippen LogP contribution in [-0.4, -0.2) is 306 Å².